The summed E-state index contributed by atoms with van der Waals surface area (Å²) in [7, 11) is 0. The number of allylic oxidation sites excluding steroid dienone is 1. The molecule has 0 spiro atoms. The van der Waals surface area contributed by atoms with E-state index in [4.69, 9.17) is 4.74 Å². The van der Waals surface area contributed by atoms with Crippen LogP contribution in [-0.4, -0.2) is 51.4 Å². The van der Waals surface area contributed by atoms with Gasteiger partial charge in [-0.15, -0.1) is 0 Å². The molecule has 2 rings (SSSR count). The van der Waals surface area contributed by atoms with Crippen molar-refractivity contribution < 1.29 is 28.9 Å². The Morgan fingerprint density at radius 2 is 2.28 bits per heavy atom. The number of amides is 1. The van der Waals surface area contributed by atoms with Crippen molar-refractivity contribution in [2.45, 2.75) is 24.4 Å². The van der Waals surface area contributed by atoms with E-state index in [0.717, 1.165) is 17.2 Å². The van der Waals surface area contributed by atoms with Crippen LogP contribution >= 0.6 is 0 Å². The molecule has 2 heterocycles. The molecule has 2 N–H and O–H groups in total. The third-order valence-electron chi connectivity index (χ3n) is 2.97. The molecule has 0 unspecified atom stereocenters. The van der Waals surface area contributed by atoms with Crippen molar-refractivity contribution >= 4 is 11.7 Å². The van der Waals surface area contributed by atoms with E-state index >= 15 is 0 Å². The van der Waals surface area contributed by atoms with E-state index < -0.39 is 36.3 Å². The summed E-state index contributed by atoms with van der Waals surface area (Å²) in [4.78, 5) is 23.5. The SMILES string of the molecule is C=C1O[C@@H](N2C=CC(=O)CC2=O)[C@@](O)(CF)[C@@H]1O. The summed E-state index contributed by atoms with van der Waals surface area (Å²) < 4.78 is 18.0. The summed E-state index contributed by atoms with van der Waals surface area (Å²) in [6, 6.07) is 0. The number of carbonyl (C=O) groups is 2. The number of aliphatic hydroxyl groups excluding tert-OH is 1. The van der Waals surface area contributed by atoms with Crippen LogP contribution in [0.2, 0.25) is 0 Å². The third kappa shape index (κ3) is 1.72. The second-order valence-corrected chi connectivity index (χ2v) is 4.22. The molecule has 1 amide bonds. The minimum atomic E-state index is -2.28. The highest BCUT2D eigenvalue weighted by Gasteiger charge is 2.57. The van der Waals surface area contributed by atoms with Crippen LogP contribution in [0.4, 0.5) is 4.39 Å². The van der Waals surface area contributed by atoms with E-state index in [-0.39, 0.29) is 12.2 Å². The Bertz CT molecular complexity index is 449. The number of ketones is 1. The maximum atomic E-state index is 13.0. The van der Waals surface area contributed by atoms with Crippen LogP contribution in [0, 0.1) is 0 Å². The van der Waals surface area contributed by atoms with Gasteiger partial charge in [0, 0.05) is 6.20 Å². The Kier molecular flexibility index (Phi) is 2.95. The van der Waals surface area contributed by atoms with Crippen LogP contribution in [-0.2, 0) is 14.3 Å². The molecule has 0 aliphatic carbocycles. The van der Waals surface area contributed by atoms with Crippen LogP contribution in [0.25, 0.3) is 0 Å². The maximum absolute atomic E-state index is 13.0. The van der Waals surface area contributed by atoms with E-state index in [1.54, 1.807) is 0 Å². The van der Waals surface area contributed by atoms with Gasteiger partial charge >= 0.3 is 0 Å². The molecule has 0 aromatic rings. The molecule has 0 aromatic heterocycles. The van der Waals surface area contributed by atoms with Gasteiger partial charge < -0.3 is 14.9 Å². The van der Waals surface area contributed by atoms with Gasteiger partial charge in [-0.25, -0.2) is 4.39 Å². The number of aliphatic hydroxyl groups is 2. The first kappa shape index (κ1) is 12.7. The molecule has 7 heteroatoms. The van der Waals surface area contributed by atoms with E-state index in [9.17, 15) is 24.2 Å². The fourth-order valence-electron chi connectivity index (χ4n) is 1.92. The van der Waals surface area contributed by atoms with Crippen molar-refractivity contribution in [3.05, 3.63) is 24.6 Å². The highest BCUT2D eigenvalue weighted by atomic mass is 19.1. The first-order valence-corrected chi connectivity index (χ1v) is 5.24. The van der Waals surface area contributed by atoms with E-state index in [2.05, 4.69) is 6.58 Å². The molecule has 98 valence electrons. The smallest absolute Gasteiger partial charge is 0.237 e. The van der Waals surface area contributed by atoms with Crippen molar-refractivity contribution in [1.29, 1.82) is 0 Å². The molecule has 0 aromatic carbocycles. The summed E-state index contributed by atoms with van der Waals surface area (Å²) in [6.07, 6.45) is -1.23. The highest BCUT2D eigenvalue weighted by Crippen LogP contribution is 2.36. The molecule has 6 nitrogen and oxygen atoms in total. The zero-order chi connectivity index (χ0) is 13.5. The fourth-order valence-corrected chi connectivity index (χ4v) is 1.92. The van der Waals surface area contributed by atoms with E-state index in [1.807, 2.05) is 0 Å². The lowest BCUT2D eigenvalue weighted by molar-refractivity contribution is -0.161. The molecule has 0 radical (unpaired) electrons. The van der Waals surface area contributed by atoms with Crippen molar-refractivity contribution in [1.82, 2.24) is 4.90 Å². The summed E-state index contributed by atoms with van der Waals surface area (Å²) in [5.74, 6) is -1.25. The number of carbonyl (C=O) groups excluding carboxylic acids is 2. The number of hydrogen-bond donors (Lipinski definition) is 2. The van der Waals surface area contributed by atoms with Gasteiger partial charge in [0.15, 0.2) is 11.4 Å². The average Bonchev–Trinajstić information content (AvgIpc) is 2.55. The summed E-state index contributed by atoms with van der Waals surface area (Å²) in [5, 5.41) is 19.6. The van der Waals surface area contributed by atoms with Crippen LogP contribution in [0.15, 0.2) is 24.6 Å². The lowest BCUT2D eigenvalue weighted by atomic mass is 9.96. The van der Waals surface area contributed by atoms with Crippen molar-refractivity contribution in [3.63, 3.8) is 0 Å². The fraction of sp³-hybridized carbons (Fsp3) is 0.455. The quantitative estimate of drug-likeness (QED) is 0.634. The predicted octanol–water partition coefficient (Wildman–Crippen LogP) is -0.767. The lowest BCUT2D eigenvalue weighted by Gasteiger charge is -2.34. The second kappa shape index (κ2) is 4.18. The van der Waals surface area contributed by atoms with E-state index in [0.29, 0.717) is 0 Å². The van der Waals surface area contributed by atoms with Gasteiger partial charge in [-0.05, 0) is 6.08 Å². The molecular formula is C11H12FNO5. The Morgan fingerprint density at radius 1 is 1.61 bits per heavy atom. The minimum Gasteiger partial charge on any atom is -0.469 e. The average molecular weight is 257 g/mol. The molecule has 0 saturated carbocycles. The van der Waals surface area contributed by atoms with Crippen LogP contribution in [0.5, 0.6) is 0 Å². The predicted molar refractivity (Wildman–Crippen MR) is 56.6 cm³/mol. The molecule has 1 saturated heterocycles. The Balaban J connectivity index is 2.33. The first-order valence-electron chi connectivity index (χ1n) is 5.24. The molecule has 2 aliphatic rings. The largest absolute Gasteiger partial charge is 0.469 e. The summed E-state index contributed by atoms with van der Waals surface area (Å²) >= 11 is 0. The zero-order valence-corrected chi connectivity index (χ0v) is 9.38. The standard InChI is InChI=1S/C11H12FNO5/c1-6-9(16)11(17,5-12)10(18-6)13-3-2-7(14)4-8(13)15/h2-3,9-10,16-17H,1,4-5H2/t9-,10-,11-/m1/s1. The summed E-state index contributed by atoms with van der Waals surface area (Å²) in [5.41, 5.74) is -2.28. The number of alkyl halides is 1. The molecular weight excluding hydrogens is 245 g/mol. The van der Waals surface area contributed by atoms with Gasteiger partial charge in [-0.2, -0.15) is 0 Å². The molecule has 3 atom stereocenters. The molecule has 2 aliphatic heterocycles. The Hall–Kier alpha value is -1.73. The number of halogens is 1. The van der Waals surface area contributed by atoms with Crippen LogP contribution < -0.4 is 0 Å². The molecule has 1 fully saturated rings. The van der Waals surface area contributed by atoms with Gasteiger partial charge in [0.25, 0.3) is 0 Å². The van der Waals surface area contributed by atoms with E-state index in [1.165, 1.54) is 0 Å². The lowest BCUT2D eigenvalue weighted by Crippen LogP contribution is -2.57. The topological polar surface area (TPSA) is 87.1 Å². The highest BCUT2D eigenvalue weighted by molar-refractivity contribution is 6.06. The maximum Gasteiger partial charge on any atom is 0.237 e. The van der Waals surface area contributed by atoms with Gasteiger partial charge in [-0.3, -0.25) is 14.5 Å². The van der Waals surface area contributed by atoms with Gasteiger partial charge in [-0.1, -0.05) is 6.58 Å². The normalized spacial score (nSPS) is 36.2. The number of ether oxygens (including phenoxy) is 1. The first-order chi connectivity index (χ1) is 8.40. The van der Waals surface area contributed by atoms with Crippen molar-refractivity contribution in [2.24, 2.45) is 0 Å². The minimum absolute atomic E-state index is 0.224. The van der Waals surface area contributed by atoms with Gasteiger partial charge in [0.1, 0.15) is 18.5 Å². The number of nitrogens with zero attached hydrogens (tertiary/aromatic N) is 1. The number of hydrogen-bond acceptors (Lipinski definition) is 5. The Morgan fingerprint density at radius 3 is 2.83 bits per heavy atom. The zero-order valence-electron chi connectivity index (χ0n) is 9.38. The van der Waals surface area contributed by atoms with Gasteiger partial charge in [0.05, 0.1) is 6.42 Å². The number of rotatable bonds is 2. The van der Waals surface area contributed by atoms with Crippen LogP contribution in [0.1, 0.15) is 6.42 Å². The van der Waals surface area contributed by atoms with Crippen molar-refractivity contribution in [2.75, 3.05) is 6.67 Å². The molecule has 0 bridgehead atoms. The summed E-state index contributed by atoms with van der Waals surface area (Å²) in [6.45, 7) is 2.02. The van der Waals surface area contributed by atoms with Crippen molar-refractivity contribution in [3.8, 4) is 0 Å². The van der Waals surface area contributed by atoms with Crippen LogP contribution in [0.3, 0.4) is 0 Å². The monoisotopic (exact) mass is 257 g/mol. The Labute approximate surface area is 102 Å². The molecule has 18 heavy (non-hydrogen) atoms. The van der Waals surface area contributed by atoms with Gasteiger partial charge in [0.2, 0.25) is 12.1 Å². The second-order valence-electron chi connectivity index (χ2n) is 4.22. The third-order valence-corrected chi connectivity index (χ3v) is 2.97.